The Morgan fingerprint density at radius 3 is 2.71 bits per heavy atom. The zero-order chi connectivity index (χ0) is 15.5. The molecule has 1 aliphatic rings. The molecule has 1 aromatic rings. The highest BCUT2D eigenvalue weighted by molar-refractivity contribution is 6.31. The predicted octanol–water partition coefficient (Wildman–Crippen LogP) is 4.04. The second-order valence-corrected chi connectivity index (χ2v) is 5.91. The Morgan fingerprint density at radius 1 is 1.33 bits per heavy atom. The molecule has 2 nitrogen and oxygen atoms in total. The highest BCUT2D eigenvalue weighted by atomic mass is 35.5. The first kappa shape index (κ1) is 16.6. The molecule has 2 unspecified atom stereocenters. The van der Waals surface area contributed by atoms with Crippen molar-refractivity contribution in [1.29, 1.82) is 0 Å². The average Bonchev–Trinajstić information content (AvgIpc) is 2.45. The van der Waals surface area contributed by atoms with E-state index in [1.165, 1.54) is 0 Å². The van der Waals surface area contributed by atoms with E-state index in [1.807, 2.05) is 0 Å². The minimum Gasteiger partial charge on any atom is -0.388 e. The molecular formula is C15H19ClF3NO. The molecule has 0 aliphatic carbocycles. The van der Waals surface area contributed by atoms with Crippen LogP contribution >= 0.6 is 11.6 Å². The summed E-state index contributed by atoms with van der Waals surface area (Å²) in [5, 5.41) is 10.6. The maximum absolute atomic E-state index is 12.7. The van der Waals surface area contributed by atoms with Crippen molar-refractivity contribution in [1.82, 2.24) is 4.90 Å². The van der Waals surface area contributed by atoms with Crippen LogP contribution in [0.5, 0.6) is 0 Å². The molecule has 21 heavy (non-hydrogen) atoms. The molecule has 1 N–H and O–H groups in total. The summed E-state index contributed by atoms with van der Waals surface area (Å²) < 4.78 is 38.2. The molecule has 1 aromatic carbocycles. The fourth-order valence-electron chi connectivity index (χ4n) is 2.73. The topological polar surface area (TPSA) is 23.5 Å². The molecule has 0 radical (unpaired) electrons. The van der Waals surface area contributed by atoms with E-state index in [1.54, 1.807) is 29.2 Å². The SMILES string of the molecule is OC(CCN1CCCC(C(F)(F)F)C1)c1ccccc1Cl. The van der Waals surface area contributed by atoms with Crippen molar-refractivity contribution in [2.45, 2.75) is 31.5 Å². The number of alkyl halides is 3. The number of aliphatic hydroxyl groups is 1. The minimum atomic E-state index is -4.12. The lowest BCUT2D eigenvalue weighted by atomic mass is 9.97. The second-order valence-electron chi connectivity index (χ2n) is 5.51. The number of likely N-dealkylation sites (tertiary alicyclic amines) is 1. The summed E-state index contributed by atoms with van der Waals surface area (Å²) in [5.74, 6) is -1.25. The summed E-state index contributed by atoms with van der Waals surface area (Å²) in [4.78, 5) is 1.78. The largest absolute Gasteiger partial charge is 0.393 e. The number of aliphatic hydroxyl groups excluding tert-OH is 1. The fourth-order valence-corrected chi connectivity index (χ4v) is 2.99. The number of nitrogens with zero attached hydrogens (tertiary/aromatic N) is 1. The second kappa shape index (κ2) is 6.99. The Balaban J connectivity index is 1.87. The maximum atomic E-state index is 12.7. The average molecular weight is 322 g/mol. The van der Waals surface area contributed by atoms with Crippen molar-refractivity contribution in [2.75, 3.05) is 19.6 Å². The summed E-state index contributed by atoms with van der Waals surface area (Å²) in [6.45, 7) is 1.12. The zero-order valence-corrected chi connectivity index (χ0v) is 12.4. The zero-order valence-electron chi connectivity index (χ0n) is 11.6. The maximum Gasteiger partial charge on any atom is 0.393 e. The number of benzene rings is 1. The van der Waals surface area contributed by atoms with Crippen LogP contribution in [0.15, 0.2) is 24.3 Å². The molecule has 0 bridgehead atoms. The van der Waals surface area contributed by atoms with E-state index >= 15 is 0 Å². The van der Waals surface area contributed by atoms with Crippen LogP contribution in [0.3, 0.4) is 0 Å². The monoisotopic (exact) mass is 321 g/mol. The van der Waals surface area contributed by atoms with Gasteiger partial charge in [0, 0.05) is 18.1 Å². The number of hydrogen-bond donors (Lipinski definition) is 1. The molecule has 1 fully saturated rings. The van der Waals surface area contributed by atoms with E-state index < -0.39 is 18.2 Å². The molecule has 1 aliphatic heterocycles. The van der Waals surface area contributed by atoms with Gasteiger partial charge in [-0.1, -0.05) is 29.8 Å². The molecule has 0 aromatic heterocycles. The third-order valence-corrected chi connectivity index (χ3v) is 4.30. The number of rotatable bonds is 4. The van der Waals surface area contributed by atoms with Crippen molar-refractivity contribution < 1.29 is 18.3 Å². The summed E-state index contributed by atoms with van der Waals surface area (Å²) in [6, 6.07) is 6.99. The van der Waals surface area contributed by atoms with Crippen LogP contribution in [0.4, 0.5) is 13.2 Å². The van der Waals surface area contributed by atoms with Gasteiger partial charge in [-0.25, -0.2) is 0 Å². The lowest BCUT2D eigenvalue weighted by Gasteiger charge is -2.34. The first-order valence-corrected chi connectivity index (χ1v) is 7.47. The molecule has 2 atom stereocenters. The van der Waals surface area contributed by atoms with Crippen LogP contribution in [0.1, 0.15) is 30.9 Å². The molecule has 0 saturated carbocycles. The van der Waals surface area contributed by atoms with Gasteiger partial charge in [0.15, 0.2) is 0 Å². The standard InChI is InChI=1S/C15H19ClF3NO/c16-13-6-2-1-5-12(13)14(21)7-9-20-8-3-4-11(10-20)15(17,18)19/h1-2,5-6,11,14,21H,3-4,7-10H2. The molecular weight excluding hydrogens is 303 g/mol. The first-order valence-electron chi connectivity index (χ1n) is 7.09. The van der Waals surface area contributed by atoms with Gasteiger partial charge in [0.25, 0.3) is 0 Å². The van der Waals surface area contributed by atoms with Gasteiger partial charge in [0.05, 0.1) is 12.0 Å². The summed E-state index contributed by atoms with van der Waals surface area (Å²) in [5.41, 5.74) is 0.628. The van der Waals surface area contributed by atoms with Crippen LogP contribution in [0.25, 0.3) is 0 Å². The van der Waals surface area contributed by atoms with Gasteiger partial charge in [-0.2, -0.15) is 13.2 Å². The van der Waals surface area contributed by atoms with Crippen LogP contribution in [0, 0.1) is 5.92 Å². The molecule has 118 valence electrons. The van der Waals surface area contributed by atoms with Crippen molar-refractivity contribution in [2.24, 2.45) is 5.92 Å². The Morgan fingerprint density at radius 2 is 2.05 bits per heavy atom. The van der Waals surface area contributed by atoms with E-state index in [-0.39, 0.29) is 13.0 Å². The van der Waals surface area contributed by atoms with Gasteiger partial charge >= 0.3 is 6.18 Å². The lowest BCUT2D eigenvalue weighted by Crippen LogP contribution is -2.42. The Labute approximate surface area is 127 Å². The molecule has 2 rings (SSSR count). The van der Waals surface area contributed by atoms with Crippen molar-refractivity contribution in [3.05, 3.63) is 34.9 Å². The molecule has 6 heteroatoms. The summed E-state index contributed by atoms with van der Waals surface area (Å²) in [7, 11) is 0. The van der Waals surface area contributed by atoms with Gasteiger partial charge in [0.2, 0.25) is 0 Å². The highest BCUT2D eigenvalue weighted by Gasteiger charge is 2.41. The third kappa shape index (κ3) is 4.59. The normalized spacial score (nSPS) is 22.2. The first-order chi connectivity index (χ1) is 9.88. The van der Waals surface area contributed by atoms with Crippen molar-refractivity contribution in [3.8, 4) is 0 Å². The van der Waals surface area contributed by atoms with Crippen molar-refractivity contribution in [3.63, 3.8) is 0 Å². The summed E-state index contributed by atoms with van der Waals surface area (Å²) in [6.07, 6.45) is -3.74. The number of halogens is 4. The minimum absolute atomic E-state index is 0.0265. The van der Waals surface area contributed by atoms with Gasteiger partial charge < -0.3 is 10.0 Å². The quantitative estimate of drug-likeness (QED) is 0.904. The summed E-state index contributed by atoms with van der Waals surface area (Å²) >= 11 is 6.00. The van der Waals surface area contributed by atoms with E-state index in [9.17, 15) is 18.3 Å². The fraction of sp³-hybridized carbons (Fsp3) is 0.600. The smallest absolute Gasteiger partial charge is 0.388 e. The van der Waals surface area contributed by atoms with Gasteiger partial charge in [-0.05, 0) is 37.4 Å². The Hall–Kier alpha value is -0.780. The molecule has 1 saturated heterocycles. The van der Waals surface area contributed by atoms with Crippen LogP contribution < -0.4 is 0 Å². The molecule has 0 spiro atoms. The van der Waals surface area contributed by atoms with E-state index in [0.29, 0.717) is 36.5 Å². The Bertz CT molecular complexity index is 466. The van der Waals surface area contributed by atoms with Crippen molar-refractivity contribution >= 4 is 11.6 Å². The number of piperidine rings is 1. The van der Waals surface area contributed by atoms with Gasteiger partial charge in [0.1, 0.15) is 0 Å². The van der Waals surface area contributed by atoms with Gasteiger partial charge in [-0.3, -0.25) is 0 Å². The van der Waals surface area contributed by atoms with E-state index in [2.05, 4.69) is 0 Å². The Kier molecular flexibility index (Phi) is 5.52. The molecule has 0 amide bonds. The van der Waals surface area contributed by atoms with Gasteiger partial charge in [-0.15, -0.1) is 0 Å². The van der Waals surface area contributed by atoms with E-state index in [4.69, 9.17) is 11.6 Å². The molecule has 1 heterocycles. The lowest BCUT2D eigenvalue weighted by molar-refractivity contribution is -0.186. The van der Waals surface area contributed by atoms with Crippen LogP contribution in [0.2, 0.25) is 5.02 Å². The van der Waals surface area contributed by atoms with E-state index in [0.717, 1.165) is 0 Å². The predicted molar refractivity (Wildman–Crippen MR) is 76.2 cm³/mol. The highest BCUT2D eigenvalue weighted by Crippen LogP contribution is 2.33. The number of hydrogen-bond acceptors (Lipinski definition) is 2. The van der Waals surface area contributed by atoms with Crippen LogP contribution in [-0.4, -0.2) is 35.8 Å². The van der Waals surface area contributed by atoms with Crippen LogP contribution in [-0.2, 0) is 0 Å². The third-order valence-electron chi connectivity index (χ3n) is 3.95.